The molecule has 0 unspecified atom stereocenters. The fourth-order valence-corrected chi connectivity index (χ4v) is 2.52. The summed E-state index contributed by atoms with van der Waals surface area (Å²) in [5, 5.41) is 4.39. The van der Waals surface area contributed by atoms with Crippen molar-refractivity contribution in [2.24, 2.45) is 0 Å². The van der Waals surface area contributed by atoms with Crippen molar-refractivity contribution in [2.75, 3.05) is 26.2 Å². The first kappa shape index (κ1) is 14.6. The SMILES string of the molecule is O=C(CCc1ccc(Cl)c(Cl)c1)N1CCCNCC1. The summed E-state index contributed by atoms with van der Waals surface area (Å²) in [6, 6.07) is 5.53. The summed E-state index contributed by atoms with van der Waals surface area (Å²) in [4.78, 5) is 14.1. The highest BCUT2D eigenvalue weighted by Crippen LogP contribution is 2.23. The number of hydrogen-bond donors (Lipinski definition) is 1. The van der Waals surface area contributed by atoms with E-state index in [0.29, 0.717) is 22.9 Å². The lowest BCUT2D eigenvalue weighted by molar-refractivity contribution is -0.130. The van der Waals surface area contributed by atoms with Crippen LogP contribution in [-0.4, -0.2) is 37.0 Å². The van der Waals surface area contributed by atoms with Crippen LogP contribution in [-0.2, 0) is 11.2 Å². The minimum Gasteiger partial charge on any atom is -0.341 e. The second-order valence-corrected chi connectivity index (χ2v) is 5.55. The zero-order valence-corrected chi connectivity index (χ0v) is 12.3. The van der Waals surface area contributed by atoms with Crippen LogP contribution in [0.4, 0.5) is 0 Å². The number of nitrogens with zero attached hydrogens (tertiary/aromatic N) is 1. The number of amides is 1. The van der Waals surface area contributed by atoms with Crippen LogP contribution < -0.4 is 5.32 Å². The Morgan fingerprint density at radius 2 is 2.05 bits per heavy atom. The molecule has 2 rings (SSSR count). The summed E-state index contributed by atoms with van der Waals surface area (Å²) in [7, 11) is 0. The molecule has 0 aliphatic carbocycles. The van der Waals surface area contributed by atoms with Crippen molar-refractivity contribution in [2.45, 2.75) is 19.3 Å². The van der Waals surface area contributed by atoms with Crippen molar-refractivity contribution in [3.8, 4) is 0 Å². The minimum absolute atomic E-state index is 0.217. The molecule has 3 nitrogen and oxygen atoms in total. The summed E-state index contributed by atoms with van der Waals surface area (Å²) < 4.78 is 0. The number of carbonyl (C=O) groups excluding carboxylic acids is 1. The summed E-state index contributed by atoms with van der Waals surface area (Å²) in [6.07, 6.45) is 2.26. The van der Waals surface area contributed by atoms with Gasteiger partial charge in [0.2, 0.25) is 5.91 Å². The lowest BCUT2D eigenvalue weighted by atomic mass is 10.1. The average Bonchev–Trinajstić information content (AvgIpc) is 2.69. The Morgan fingerprint density at radius 1 is 1.21 bits per heavy atom. The Hall–Kier alpha value is -0.770. The number of rotatable bonds is 3. The van der Waals surface area contributed by atoms with Crippen molar-refractivity contribution in [3.63, 3.8) is 0 Å². The third-order valence-electron chi connectivity index (χ3n) is 3.30. The smallest absolute Gasteiger partial charge is 0.222 e. The van der Waals surface area contributed by atoms with Gasteiger partial charge in [-0.1, -0.05) is 29.3 Å². The zero-order chi connectivity index (χ0) is 13.7. The number of carbonyl (C=O) groups is 1. The quantitative estimate of drug-likeness (QED) is 0.931. The van der Waals surface area contributed by atoms with Crippen LogP contribution in [0.1, 0.15) is 18.4 Å². The molecule has 1 aliphatic heterocycles. The molecular weight excluding hydrogens is 283 g/mol. The molecule has 0 saturated carbocycles. The molecule has 1 N–H and O–H groups in total. The van der Waals surface area contributed by atoms with Crippen LogP contribution in [0, 0.1) is 0 Å². The van der Waals surface area contributed by atoms with Gasteiger partial charge in [0.15, 0.2) is 0 Å². The van der Waals surface area contributed by atoms with E-state index >= 15 is 0 Å². The molecule has 0 radical (unpaired) electrons. The van der Waals surface area contributed by atoms with Gasteiger partial charge in [0.25, 0.3) is 0 Å². The fraction of sp³-hybridized carbons (Fsp3) is 0.500. The van der Waals surface area contributed by atoms with Crippen LogP contribution in [0.5, 0.6) is 0 Å². The molecule has 0 atom stereocenters. The van der Waals surface area contributed by atoms with Crippen molar-refractivity contribution in [1.82, 2.24) is 10.2 Å². The van der Waals surface area contributed by atoms with Gasteiger partial charge in [-0.25, -0.2) is 0 Å². The largest absolute Gasteiger partial charge is 0.341 e. The van der Waals surface area contributed by atoms with Gasteiger partial charge in [0, 0.05) is 26.1 Å². The van der Waals surface area contributed by atoms with Crippen LogP contribution in [0.3, 0.4) is 0 Å². The van der Waals surface area contributed by atoms with Gasteiger partial charge >= 0.3 is 0 Å². The molecule has 1 saturated heterocycles. The molecule has 1 heterocycles. The lowest BCUT2D eigenvalue weighted by Gasteiger charge is -2.19. The van der Waals surface area contributed by atoms with E-state index in [-0.39, 0.29) is 5.91 Å². The highest BCUT2D eigenvalue weighted by Gasteiger charge is 2.14. The summed E-state index contributed by atoms with van der Waals surface area (Å²) in [5.41, 5.74) is 1.05. The van der Waals surface area contributed by atoms with E-state index in [1.807, 2.05) is 17.0 Å². The highest BCUT2D eigenvalue weighted by molar-refractivity contribution is 6.42. The first-order valence-electron chi connectivity index (χ1n) is 6.59. The van der Waals surface area contributed by atoms with Crippen molar-refractivity contribution >= 4 is 29.1 Å². The number of benzene rings is 1. The van der Waals surface area contributed by atoms with E-state index in [2.05, 4.69) is 5.32 Å². The van der Waals surface area contributed by atoms with Crippen molar-refractivity contribution < 1.29 is 4.79 Å². The molecule has 19 heavy (non-hydrogen) atoms. The summed E-state index contributed by atoms with van der Waals surface area (Å²) in [6.45, 7) is 3.54. The van der Waals surface area contributed by atoms with Gasteiger partial charge in [0.1, 0.15) is 0 Å². The lowest BCUT2D eigenvalue weighted by Crippen LogP contribution is -2.34. The standard InChI is InChI=1S/C14H18Cl2N2O/c15-12-4-2-11(10-13(12)16)3-5-14(19)18-8-1-6-17-7-9-18/h2,4,10,17H,1,3,5-9H2. The summed E-state index contributed by atoms with van der Waals surface area (Å²) in [5.74, 6) is 0.217. The summed E-state index contributed by atoms with van der Waals surface area (Å²) >= 11 is 11.8. The van der Waals surface area contributed by atoms with Gasteiger partial charge in [-0.05, 0) is 37.1 Å². The molecule has 1 amide bonds. The maximum absolute atomic E-state index is 12.1. The van der Waals surface area contributed by atoms with Crippen LogP contribution in [0.25, 0.3) is 0 Å². The van der Waals surface area contributed by atoms with Gasteiger partial charge in [-0.15, -0.1) is 0 Å². The molecule has 1 aliphatic rings. The van der Waals surface area contributed by atoms with E-state index in [1.54, 1.807) is 6.07 Å². The monoisotopic (exact) mass is 300 g/mol. The normalized spacial score (nSPS) is 16.2. The Labute approximate surface area is 123 Å². The van der Waals surface area contributed by atoms with E-state index in [1.165, 1.54) is 0 Å². The van der Waals surface area contributed by atoms with Gasteiger partial charge in [-0.2, -0.15) is 0 Å². The maximum atomic E-state index is 12.1. The van der Waals surface area contributed by atoms with E-state index < -0.39 is 0 Å². The Balaban J connectivity index is 1.86. The second-order valence-electron chi connectivity index (χ2n) is 4.73. The topological polar surface area (TPSA) is 32.3 Å². The van der Waals surface area contributed by atoms with Crippen LogP contribution in [0.15, 0.2) is 18.2 Å². The molecule has 0 bridgehead atoms. The van der Waals surface area contributed by atoms with Gasteiger partial charge in [0.05, 0.1) is 10.0 Å². The second kappa shape index (κ2) is 7.13. The number of halogens is 2. The third-order valence-corrected chi connectivity index (χ3v) is 4.04. The molecule has 1 aromatic rings. The number of aryl methyl sites for hydroxylation is 1. The van der Waals surface area contributed by atoms with Crippen LogP contribution >= 0.6 is 23.2 Å². The Kier molecular flexibility index (Phi) is 5.49. The first-order chi connectivity index (χ1) is 9.16. The molecule has 5 heteroatoms. The van der Waals surface area contributed by atoms with Crippen molar-refractivity contribution in [3.05, 3.63) is 33.8 Å². The van der Waals surface area contributed by atoms with E-state index in [0.717, 1.165) is 38.2 Å². The average molecular weight is 301 g/mol. The Morgan fingerprint density at radius 3 is 2.84 bits per heavy atom. The highest BCUT2D eigenvalue weighted by atomic mass is 35.5. The molecular formula is C14H18Cl2N2O. The molecule has 0 spiro atoms. The number of nitrogens with one attached hydrogen (secondary N) is 1. The van der Waals surface area contributed by atoms with Crippen molar-refractivity contribution in [1.29, 1.82) is 0 Å². The number of hydrogen-bond acceptors (Lipinski definition) is 2. The zero-order valence-electron chi connectivity index (χ0n) is 10.8. The predicted octanol–water partition coefficient (Wildman–Crippen LogP) is 2.75. The van der Waals surface area contributed by atoms with Crippen LogP contribution in [0.2, 0.25) is 10.0 Å². The van der Waals surface area contributed by atoms with E-state index in [9.17, 15) is 4.79 Å². The maximum Gasteiger partial charge on any atom is 0.222 e. The predicted molar refractivity (Wildman–Crippen MR) is 78.8 cm³/mol. The van der Waals surface area contributed by atoms with Gasteiger partial charge < -0.3 is 10.2 Å². The van der Waals surface area contributed by atoms with Gasteiger partial charge in [-0.3, -0.25) is 4.79 Å². The third kappa shape index (κ3) is 4.37. The molecule has 1 fully saturated rings. The first-order valence-corrected chi connectivity index (χ1v) is 7.35. The minimum atomic E-state index is 0.217. The molecule has 1 aromatic carbocycles. The molecule has 0 aromatic heterocycles. The Bertz CT molecular complexity index is 443. The molecule has 104 valence electrons. The fourth-order valence-electron chi connectivity index (χ4n) is 2.20. The van der Waals surface area contributed by atoms with E-state index in [4.69, 9.17) is 23.2 Å².